The van der Waals surface area contributed by atoms with Crippen LogP contribution in [0.5, 0.6) is 0 Å². The second-order valence-electron chi connectivity index (χ2n) is 4.74. The van der Waals surface area contributed by atoms with Crippen molar-refractivity contribution in [1.29, 1.82) is 0 Å². The Hall–Kier alpha value is -2.44. The molecule has 1 amide bonds. The number of carboxylic acids is 1. The van der Waals surface area contributed by atoms with Crippen molar-refractivity contribution in [3.63, 3.8) is 0 Å². The topological polar surface area (TPSA) is 96.6 Å². The summed E-state index contributed by atoms with van der Waals surface area (Å²) in [4.78, 5) is 27.4. The van der Waals surface area contributed by atoms with E-state index in [1.807, 2.05) is 6.92 Å². The molecular weight excluding hydrogens is 248 g/mol. The van der Waals surface area contributed by atoms with E-state index in [9.17, 15) is 9.59 Å². The number of rotatable bonds is 3. The van der Waals surface area contributed by atoms with Crippen LogP contribution in [0.15, 0.2) is 18.5 Å². The quantitative estimate of drug-likeness (QED) is 0.831. The summed E-state index contributed by atoms with van der Waals surface area (Å²) >= 11 is 0. The zero-order valence-electron chi connectivity index (χ0n) is 10.3. The average Bonchev–Trinajstić information content (AvgIpc) is 3.02. The standard InChI is InChI=1S/C12H12N4O3/c1-7-2-5-16-9(14-7)8(6-13-16)10(17)15-12(3-4-12)11(18)19/h2,5-6H,3-4H2,1H3,(H,15,17)(H,18,19). The van der Waals surface area contributed by atoms with Gasteiger partial charge in [0.05, 0.1) is 6.20 Å². The lowest BCUT2D eigenvalue weighted by molar-refractivity contribution is -0.140. The average molecular weight is 260 g/mol. The Morgan fingerprint density at radius 1 is 1.47 bits per heavy atom. The molecule has 2 aromatic heterocycles. The van der Waals surface area contributed by atoms with Gasteiger partial charge in [0.1, 0.15) is 11.1 Å². The summed E-state index contributed by atoms with van der Waals surface area (Å²) in [5, 5.41) is 15.6. The van der Waals surface area contributed by atoms with Crippen LogP contribution in [0.25, 0.3) is 5.65 Å². The molecule has 0 atom stereocenters. The summed E-state index contributed by atoms with van der Waals surface area (Å²) < 4.78 is 1.49. The maximum Gasteiger partial charge on any atom is 0.329 e. The fourth-order valence-electron chi connectivity index (χ4n) is 1.92. The SMILES string of the molecule is Cc1ccn2ncc(C(=O)NC3(C(=O)O)CC3)c2n1. The van der Waals surface area contributed by atoms with Crippen molar-refractivity contribution < 1.29 is 14.7 Å². The van der Waals surface area contributed by atoms with E-state index < -0.39 is 17.4 Å². The number of carbonyl (C=O) groups is 2. The number of carbonyl (C=O) groups excluding carboxylic acids is 1. The van der Waals surface area contributed by atoms with Gasteiger partial charge in [0.15, 0.2) is 5.65 Å². The van der Waals surface area contributed by atoms with Crippen LogP contribution < -0.4 is 5.32 Å². The summed E-state index contributed by atoms with van der Waals surface area (Å²) in [6.07, 6.45) is 4.02. The summed E-state index contributed by atoms with van der Waals surface area (Å²) in [5.41, 5.74) is 0.381. The first kappa shape index (κ1) is 11.6. The Balaban J connectivity index is 1.94. The number of amides is 1. The molecule has 98 valence electrons. The Labute approximate surface area is 108 Å². The van der Waals surface area contributed by atoms with Crippen molar-refractivity contribution >= 4 is 17.5 Å². The third-order valence-electron chi connectivity index (χ3n) is 3.27. The molecule has 19 heavy (non-hydrogen) atoms. The summed E-state index contributed by atoms with van der Waals surface area (Å²) in [6, 6.07) is 1.78. The highest BCUT2D eigenvalue weighted by Crippen LogP contribution is 2.35. The van der Waals surface area contributed by atoms with Crippen LogP contribution in [0.2, 0.25) is 0 Å². The van der Waals surface area contributed by atoms with Crippen LogP contribution in [0, 0.1) is 6.92 Å². The van der Waals surface area contributed by atoms with Crippen LogP contribution in [0.4, 0.5) is 0 Å². The Kier molecular flexibility index (Phi) is 2.31. The van der Waals surface area contributed by atoms with Crippen LogP contribution in [0.3, 0.4) is 0 Å². The van der Waals surface area contributed by atoms with Gasteiger partial charge in [0.2, 0.25) is 0 Å². The van der Waals surface area contributed by atoms with Gasteiger partial charge in [-0.3, -0.25) is 4.79 Å². The van der Waals surface area contributed by atoms with E-state index in [0.717, 1.165) is 5.69 Å². The number of nitrogens with zero attached hydrogens (tertiary/aromatic N) is 3. The zero-order chi connectivity index (χ0) is 13.6. The molecule has 0 bridgehead atoms. The molecule has 2 N–H and O–H groups in total. The van der Waals surface area contributed by atoms with E-state index >= 15 is 0 Å². The zero-order valence-corrected chi connectivity index (χ0v) is 10.3. The summed E-state index contributed by atoms with van der Waals surface area (Å²) in [5.74, 6) is -1.45. The molecule has 0 saturated heterocycles. The van der Waals surface area contributed by atoms with Crippen LogP contribution in [-0.4, -0.2) is 37.1 Å². The Morgan fingerprint density at radius 3 is 2.84 bits per heavy atom. The fourth-order valence-corrected chi connectivity index (χ4v) is 1.92. The second kappa shape index (κ2) is 3.78. The molecule has 0 radical (unpaired) electrons. The number of hydrogen-bond donors (Lipinski definition) is 2. The maximum absolute atomic E-state index is 12.1. The van der Waals surface area contributed by atoms with E-state index in [4.69, 9.17) is 5.11 Å². The van der Waals surface area contributed by atoms with Gasteiger partial charge in [-0.1, -0.05) is 0 Å². The number of aryl methyl sites for hydroxylation is 1. The molecule has 0 aliphatic heterocycles. The molecule has 3 rings (SSSR count). The van der Waals surface area contributed by atoms with Crippen molar-refractivity contribution in [2.75, 3.05) is 0 Å². The summed E-state index contributed by atoms with van der Waals surface area (Å²) in [6.45, 7) is 1.81. The van der Waals surface area contributed by atoms with E-state index in [0.29, 0.717) is 18.5 Å². The van der Waals surface area contributed by atoms with E-state index in [2.05, 4.69) is 15.4 Å². The second-order valence-corrected chi connectivity index (χ2v) is 4.74. The number of fused-ring (bicyclic) bond motifs is 1. The van der Waals surface area contributed by atoms with Crippen molar-refractivity contribution in [1.82, 2.24) is 19.9 Å². The molecular formula is C12H12N4O3. The minimum atomic E-state index is -1.10. The largest absolute Gasteiger partial charge is 0.480 e. The normalized spacial score (nSPS) is 16.3. The minimum absolute atomic E-state index is 0.288. The first-order chi connectivity index (χ1) is 9.02. The van der Waals surface area contributed by atoms with E-state index in [1.54, 1.807) is 12.3 Å². The highest BCUT2D eigenvalue weighted by Gasteiger charge is 2.51. The lowest BCUT2D eigenvalue weighted by Crippen LogP contribution is -2.43. The van der Waals surface area contributed by atoms with Crippen molar-refractivity contribution in [3.8, 4) is 0 Å². The molecule has 2 heterocycles. The molecule has 0 aromatic carbocycles. The lowest BCUT2D eigenvalue weighted by atomic mass is 10.2. The van der Waals surface area contributed by atoms with Gasteiger partial charge >= 0.3 is 5.97 Å². The molecule has 1 aliphatic carbocycles. The third-order valence-corrected chi connectivity index (χ3v) is 3.27. The Bertz CT molecular complexity index is 687. The highest BCUT2D eigenvalue weighted by molar-refractivity contribution is 6.02. The molecule has 7 heteroatoms. The number of hydrogen-bond acceptors (Lipinski definition) is 4. The first-order valence-corrected chi connectivity index (χ1v) is 5.89. The van der Waals surface area contributed by atoms with Crippen LogP contribution in [0.1, 0.15) is 28.9 Å². The number of carboxylic acid groups (broad SMARTS) is 1. The number of nitrogens with one attached hydrogen (secondary N) is 1. The van der Waals surface area contributed by atoms with Crippen molar-refractivity contribution in [2.45, 2.75) is 25.3 Å². The van der Waals surface area contributed by atoms with Crippen molar-refractivity contribution in [3.05, 3.63) is 29.7 Å². The molecule has 2 aromatic rings. The number of aliphatic carboxylic acids is 1. The molecule has 1 saturated carbocycles. The van der Waals surface area contributed by atoms with E-state index in [-0.39, 0.29) is 5.56 Å². The molecule has 0 spiro atoms. The van der Waals surface area contributed by atoms with Gasteiger partial charge in [0.25, 0.3) is 5.91 Å². The Morgan fingerprint density at radius 2 is 2.21 bits per heavy atom. The third kappa shape index (κ3) is 1.83. The van der Waals surface area contributed by atoms with Gasteiger partial charge in [-0.05, 0) is 25.8 Å². The lowest BCUT2D eigenvalue weighted by Gasteiger charge is -2.11. The number of aromatic nitrogens is 3. The van der Waals surface area contributed by atoms with Crippen LogP contribution >= 0.6 is 0 Å². The van der Waals surface area contributed by atoms with Gasteiger partial charge in [-0.2, -0.15) is 5.10 Å². The first-order valence-electron chi connectivity index (χ1n) is 5.89. The highest BCUT2D eigenvalue weighted by atomic mass is 16.4. The predicted octanol–water partition coefficient (Wildman–Crippen LogP) is 0.385. The molecule has 7 nitrogen and oxygen atoms in total. The van der Waals surface area contributed by atoms with Crippen LogP contribution in [-0.2, 0) is 4.79 Å². The van der Waals surface area contributed by atoms with Gasteiger partial charge in [-0.15, -0.1) is 0 Å². The van der Waals surface area contributed by atoms with Gasteiger partial charge in [-0.25, -0.2) is 14.3 Å². The molecule has 1 fully saturated rings. The van der Waals surface area contributed by atoms with Gasteiger partial charge in [0, 0.05) is 11.9 Å². The van der Waals surface area contributed by atoms with Crippen molar-refractivity contribution in [2.24, 2.45) is 0 Å². The molecule has 1 aliphatic rings. The van der Waals surface area contributed by atoms with E-state index in [1.165, 1.54) is 10.7 Å². The predicted molar refractivity (Wildman–Crippen MR) is 64.8 cm³/mol. The molecule has 0 unspecified atom stereocenters. The smallest absolute Gasteiger partial charge is 0.329 e. The monoisotopic (exact) mass is 260 g/mol. The van der Waals surface area contributed by atoms with Gasteiger partial charge < -0.3 is 10.4 Å². The summed E-state index contributed by atoms with van der Waals surface area (Å²) in [7, 11) is 0. The minimum Gasteiger partial charge on any atom is -0.480 e. The maximum atomic E-state index is 12.1. The fraction of sp³-hybridized carbons (Fsp3) is 0.333.